The van der Waals surface area contributed by atoms with E-state index in [-0.39, 0.29) is 27.5 Å². The molecule has 0 aliphatic carbocycles. The van der Waals surface area contributed by atoms with E-state index in [1.807, 2.05) is 12.2 Å². The number of alkyl halides is 3. The Morgan fingerprint density at radius 2 is 1.70 bits per heavy atom. The van der Waals surface area contributed by atoms with Gasteiger partial charge >= 0.3 is 6.18 Å². The van der Waals surface area contributed by atoms with Crippen molar-refractivity contribution in [3.8, 4) is 0 Å². The summed E-state index contributed by atoms with van der Waals surface area (Å²) in [4.78, 5) is 11.4. The highest BCUT2D eigenvalue weighted by atomic mass is 35.5. The number of rotatable bonds is 5. The molecule has 2 rings (SSSR count). The SMILES string of the molecule is Cc1ccc(C(=S)NS(=O)(=O)c2ccc(NC(=O)[C@@](C)(O)C(F)(F)F)c(Cl)c2)cc1. The molecular weight excluding hydrogens is 465 g/mol. The third-order valence-electron chi connectivity index (χ3n) is 4.03. The van der Waals surface area contributed by atoms with Crippen LogP contribution in [0.5, 0.6) is 0 Å². The summed E-state index contributed by atoms with van der Waals surface area (Å²) in [5, 5.41) is 10.8. The van der Waals surface area contributed by atoms with Crippen molar-refractivity contribution in [2.45, 2.75) is 30.5 Å². The van der Waals surface area contributed by atoms with Gasteiger partial charge in [-0.2, -0.15) is 13.2 Å². The summed E-state index contributed by atoms with van der Waals surface area (Å²) >= 11 is 11.0. The monoisotopic (exact) mass is 480 g/mol. The molecule has 0 saturated carbocycles. The number of benzene rings is 2. The Kier molecular flexibility index (Phi) is 6.82. The molecule has 12 heteroatoms. The van der Waals surface area contributed by atoms with Crippen molar-refractivity contribution in [1.82, 2.24) is 4.72 Å². The Morgan fingerprint density at radius 3 is 2.20 bits per heavy atom. The Hall–Kier alpha value is -2.21. The van der Waals surface area contributed by atoms with E-state index in [2.05, 4.69) is 4.72 Å². The molecular formula is C18H16ClF3N2O4S2. The average Bonchev–Trinajstić information content (AvgIpc) is 2.62. The number of hydrogen-bond donors (Lipinski definition) is 3. The normalized spacial score (nSPS) is 14.0. The van der Waals surface area contributed by atoms with Crippen LogP contribution in [-0.2, 0) is 14.8 Å². The maximum Gasteiger partial charge on any atom is 0.426 e. The van der Waals surface area contributed by atoms with Crippen molar-refractivity contribution in [1.29, 1.82) is 0 Å². The maximum absolute atomic E-state index is 12.7. The number of carbonyl (C=O) groups is 1. The topological polar surface area (TPSA) is 95.5 Å². The molecule has 0 heterocycles. The first-order valence-electron chi connectivity index (χ1n) is 8.19. The van der Waals surface area contributed by atoms with Crippen LogP contribution in [0.25, 0.3) is 0 Å². The van der Waals surface area contributed by atoms with E-state index in [4.69, 9.17) is 23.8 Å². The Labute approximate surface area is 181 Å². The summed E-state index contributed by atoms with van der Waals surface area (Å²) in [5.41, 5.74) is -2.56. The zero-order chi connectivity index (χ0) is 22.9. The largest absolute Gasteiger partial charge is 0.426 e. The van der Waals surface area contributed by atoms with Gasteiger partial charge in [0.05, 0.1) is 15.6 Å². The van der Waals surface area contributed by atoms with Crippen LogP contribution < -0.4 is 10.0 Å². The molecule has 0 unspecified atom stereocenters. The lowest BCUT2D eigenvalue weighted by atomic mass is 10.1. The van der Waals surface area contributed by atoms with Crippen LogP contribution >= 0.6 is 23.8 Å². The molecule has 2 aromatic carbocycles. The van der Waals surface area contributed by atoms with Crippen molar-refractivity contribution in [3.63, 3.8) is 0 Å². The Morgan fingerprint density at radius 1 is 1.13 bits per heavy atom. The zero-order valence-corrected chi connectivity index (χ0v) is 17.9. The molecule has 0 saturated heterocycles. The molecule has 0 aliphatic rings. The van der Waals surface area contributed by atoms with Gasteiger partial charge in [0.25, 0.3) is 15.9 Å². The van der Waals surface area contributed by atoms with Crippen LogP contribution in [0, 0.1) is 6.92 Å². The lowest BCUT2D eigenvalue weighted by Crippen LogP contribution is -2.52. The average molecular weight is 481 g/mol. The van der Waals surface area contributed by atoms with Gasteiger partial charge in [-0.15, -0.1) is 0 Å². The molecule has 162 valence electrons. The lowest BCUT2D eigenvalue weighted by molar-refractivity contribution is -0.242. The van der Waals surface area contributed by atoms with Crippen LogP contribution in [0.1, 0.15) is 18.1 Å². The number of anilines is 1. The van der Waals surface area contributed by atoms with Crippen molar-refractivity contribution in [2.75, 3.05) is 5.32 Å². The highest BCUT2D eigenvalue weighted by molar-refractivity contribution is 7.92. The molecule has 1 atom stereocenters. The van der Waals surface area contributed by atoms with E-state index in [1.54, 1.807) is 24.3 Å². The second kappa shape index (κ2) is 8.50. The van der Waals surface area contributed by atoms with Gasteiger partial charge in [-0.05, 0) is 32.0 Å². The number of aliphatic hydroxyl groups is 1. The second-order valence-electron chi connectivity index (χ2n) is 6.47. The standard InChI is InChI=1S/C18H16ClF3N2O4S2/c1-10-3-5-11(6-4-10)15(29)24-30(27,28)12-7-8-14(13(19)9-12)23-16(25)17(2,26)18(20,21)22/h3-9,26H,1-2H3,(H,23,25)(H,24,29)/t17-/m1/s1. The van der Waals surface area contributed by atoms with Gasteiger partial charge in [0.1, 0.15) is 4.99 Å². The van der Waals surface area contributed by atoms with Gasteiger partial charge in [0.15, 0.2) is 0 Å². The van der Waals surface area contributed by atoms with E-state index in [0.29, 0.717) is 5.56 Å². The third kappa shape index (κ3) is 5.28. The summed E-state index contributed by atoms with van der Waals surface area (Å²) in [5.74, 6) is -1.77. The van der Waals surface area contributed by atoms with Gasteiger partial charge in [0.2, 0.25) is 5.60 Å². The van der Waals surface area contributed by atoms with Crippen LogP contribution in [0.15, 0.2) is 47.4 Å². The number of nitrogens with one attached hydrogen (secondary N) is 2. The van der Waals surface area contributed by atoms with Crippen molar-refractivity contribution < 1.29 is 31.5 Å². The van der Waals surface area contributed by atoms with Gasteiger partial charge in [-0.25, -0.2) is 8.42 Å². The maximum atomic E-state index is 12.7. The number of sulfonamides is 1. The van der Waals surface area contributed by atoms with Crippen LogP contribution in [0.3, 0.4) is 0 Å². The van der Waals surface area contributed by atoms with E-state index in [1.165, 1.54) is 0 Å². The number of halogens is 4. The van der Waals surface area contributed by atoms with E-state index in [0.717, 1.165) is 23.8 Å². The van der Waals surface area contributed by atoms with Gasteiger partial charge in [-0.3, -0.25) is 9.52 Å². The van der Waals surface area contributed by atoms with Crippen LogP contribution in [0.2, 0.25) is 5.02 Å². The number of hydrogen-bond acceptors (Lipinski definition) is 5. The molecule has 0 fully saturated rings. The van der Waals surface area contributed by atoms with Gasteiger partial charge in [0, 0.05) is 5.56 Å². The second-order valence-corrected chi connectivity index (χ2v) is 8.96. The molecule has 0 aliphatic heterocycles. The highest BCUT2D eigenvalue weighted by Crippen LogP contribution is 2.32. The number of thiocarbonyl (C=S) groups is 1. The van der Waals surface area contributed by atoms with Crippen LogP contribution in [0.4, 0.5) is 18.9 Å². The summed E-state index contributed by atoms with van der Waals surface area (Å²) < 4.78 is 65.5. The number of carbonyl (C=O) groups excluding carboxylic acids is 1. The lowest BCUT2D eigenvalue weighted by Gasteiger charge is -2.25. The first-order valence-corrected chi connectivity index (χ1v) is 10.5. The fraction of sp³-hybridized carbons (Fsp3) is 0.222. The molecule has 2 aromatic rings. The molecule has 0 spiro atoms. The zero-order valence-electron chi connectivity index (χ0n) is 15.5. The third-order valence-corrected chi connectivity index (χ3v) is 6.16. The minimum Gasteiger partial charge on any atom is -0.373 e. The predicted molar refractivity (Wildman–Crippen MR) is 110 cm³/mol. The Balaban J connectivity index is 2.22. The van der Waals surface area contributed by atoms with E-state index >= 15 is 0 Å². The van der Waals surface area contributed by atoms with E-state index < -0.39 is 27.7 Å². The fourth-order valence-corrected chi connectivity index (χ4v) is 3.84. The summed E-state index contributed by atoms with van der Waals surface area (Å²) in [6, 6.07) is 9.72. The van der Waals surface area contributed by atoms with Crippen molar-refractivity contribution in [2.24, 2.45) is 0 Å². The summed E-state index contributed by atoms with van der Waals surface area (Å²) in [6.07, 6.45) is -5.22. The molecule has 0 radical (unpaired) electrons. The van der Waals surface area contributed by atoms with Gasteiger partial charge < -0.3 is 10.4 Å². The first-order chi connectivity index (χ1) is 13.6. The smallest absolute Gasteiger partial charge is 0.373 e. The number of amides is 1. The first kappa shape index (κ1) is 24.1. The minimum absolute atomic E-state index is 0.0651. The molecule has 30 heavy (non-hydrogen) atoms. The molecule has 0 aromatic heterocycles. The van der Waals surface area contributed by atoms with Crippen molar-refractivity contribution in [3.05, 3.63) is 58.6 Å². The van der Waals surface area contributed by atoms with Crippen LogP contribution in [-0.4, -0.2) is 36.2 Å². The molecule has 0 bridgehead atoms. The summed E-state index contributed by atoms with van der Waals surface area (Å²) in [6.45, 7) is 2.14. The predicted octanol–water partition coefficient (Wildman–Crippen LogP) is 3.55. The Bertz CT molecular complexity index is 1090. The summed E-state index contributed by atoms with van der Waals surface area (Å²) in [7, 11) is -4.15. The molecule has 6 nitrogen and oxygen atoms in total. The highest BCUT2D eigenvalue weighted by Gasteiger charge is 2.55. The van der Waals surface area contributed by atoms with E-state index in [9.17, 15) is 31.5 Å². The van der Waals surface area contributed by atoms with Crippen molar-refractivity contribution >= 4 is 50.4 Å². The fourth-order valence-electron chi connectivity index (χ4n) is 2.08. The molecule has 1 amide bonds. The van der Waals surface area contributed by atoms with Gasteiger partial charge in [-0.1, -0.05) is 53.6 Å². The minimum atomic E-state index is -5.22. The number of aryl methyl sites for hydroxylation is 1. The quantitative estimate of drug-likeness (QED) is 0.569. The molecule has 3 N–H and O–H groups in total.